The summed E-state index contributed by atoms with van der Waals surface area (Å²) < 4.78 is 13.0. The van der Waals surface area contributed by atoms with E-state index in [9.17, 15) is 19.8 Å². The van der Waals surface area contributed by atoms with Gasteiger partial charge in [-0.05, 0) is 72.4 Å². The number of nitrogens with one attached hydrogen (secondary N) is 1. The van der Waals surface area contributed by atoms with Crippen molar-refractivity contribution < 1.29 is 29.3 Å². The van der Waals surface area contributed by atoms with Crippen molar-refractivity contribution in [3.05, 3.63) is 39.5 Å². The molecule has 4 rings (SSSR count). The number of benzene rings is 1. The molecule has 1 aromatic carbocycles. The molecule has 36 heavy (non-hydrogen) atoms. The monoisotopic (exact) mass is 612 g/mol. The molecule has 1 aliphatic heterocycles. The number of para-hydroxylation sites is 1. The lowest BCUT2D eigenvalue weighted by molar-refractivity contribution is -0.141. The Balaban J connectivity index is 1.61. The summed E-state index contributed by atoms with van der Waals surface area (Å²) in [6.45, 7) is 1.04. The molecule has 2 amide bonds. The molecule has 8 nitrogen and oxygen atoms in total. The van der Waals surface area contributed by atoms with E-state index in [2.05, 4.69) is 27.9 Å². The number of rotatable bonds is 10. The number of hydrogen-bond acceptors (Lipinski definition) is 6. The van der Waals surface area contributed by atoms with E-state index in [1.54, 1.807) is 11.0 Å². The molecule has 1 heterocycles. The summed E-state index contributed by atoms with van der Waals surface area (Å²) in [6, 6.07) is 6.89. The van der Waals surface area contributed by atoms with Gasteiger partial charge in [-0.15, -0.1) is 0 Å². The molecule has 2 aliphatic carbocycles. The van der Waals surface area contributed by atoms with Crippen LogP contribution in [-0.2, 0) is 14.3 Å². The van der Waals surface area contributed by atoms with Crippen molar-refractivity contribution in [1.29, 1.82) is 0 Å². The highest BCUT2D eigenvalue weighted by molar-refractivity contribution is 14.1. The van der Waals surface area contributed by atoms with Crippen LogP contribution in [0.3, 0.4) is 0 Å². The number of hydrogen-bond donors (Lipinski definition) is 3. The van der Waals surface area contributed by atoms with E-state index in [0.29, 0.717) is 36.8 Å². The first-order valence-corrected chi connectivity index (χ1v) is 14.1. The van der Waals surface area contributed by atoms with Crippen LogP contribution in [0, 0.1) is 9.49 Å². The van der Waals surface area contributed by atoms with Gasteiger partial charge in [-0.3, -0.25) is 9.59 Å². The third kappa shape index (κ3) is 6.99. The Morgan fingerprint density at radius 2 is 1.94 bits per heavy atom. The van der Waals surface area contributed by atoms with E-state index in [4.69, 9.17) is 9.47 Å². The summed E-state index contributed by atoms with van der Waals surface area (Å²) >= 11 is 2.17. The van der Waals surface area contributed by atoms with Crippen LogP contribution in [0.25, 0.3) is 0 Å². The second kappa shape index (κ2) is 13.2. The number of nitrogens with zero attached hydrogens (tertiary/aromatic N) is 1. The van der Waals surface area contributed by atoms with Crippen LogP contribution >= 0.6 is 22.6 Å². The average molecular weight is 613 g/mol. The quantitative estimate of drug-likeness (QED) is 0.351. The highest BCUT2D eigenvalue weighted by atomic mass is 127. The number of carbonyl (C=O) groups excluding carboxylic acids is 2. The van der Waals surface area contributed by atoms with Crippen LogP contribution in [0.15, 0.2) is 35.9 Å². The zero-order chi connectivity index (χ0) is 25.5. The van der Waals surface area contributed by atoms with Crippen LogP contribution in [-0.4, -0.2) is 77.6 Å². The maximum atomic E-state index is 13.7. The third-order valence-corrected chi connectivity index (χ3v) is 8.29. The molecule has 1 aromatic rings. The molecule has 3 aliphatic rings. The van der Waals surface area contributed by atoms with Gasteiger partial charge in [0.05, 0.1) is 22.3 Å². The fourth-order valence-electron chi connectivity index (χ4n) is 5.48. The zero-order valence-electron chi connectivity index (χ0n) is 20.6. The van der Waals surface area contributed by atoms with E-state index in [-0.39, 0.29) is 37.5 Å². The minimum atomic E-state index is -1.01. The smallest absolute Gasteiger partial charge is 0.247 e. The molecule has 1 saturated carbocycles. The predicted octanol–water partition coefficient (Wildman–Crippen LogP) is 2.79. The Morgan fingerprint density at radius 3 is 2.64 bits per heavy atom. The van der Waals surface area contributed by atoms with Gasteiger partial charge in [0.1, 0.15) is 18.0 Å². The lowest BCUT2D eigenvalue weighted by Crippen LogP contribution is -2.56. The maximum absolute atomic E-state index is 13.7. The first-order valence-electron chi connectivity index (χ1n) is 13.1. The number of aliphatic hydroxyl groups excluding tert-OH is 2. The van der Waals surface area contributed by atoms with Crippen molar-refractivity contribution in [2.24, 2.45) is 5.92 Å². The number of aliphatic hydroxyl groups is 2. The second-order valence-corrected chi connectivity index (χ2v) is 11.1. The molecule has 2 fully saturated rings. The summed E-state index contributed by atoms with van der Waals surface area (Å²) in [6.07, 6.45) is 6.68. The average Bonchev–Trinajstić information content (AvgIpc) is 3.58. The molecule has 198 valence electrons. The maximum Gasteiger partial charge on any atom is 0.247 e. The molecule has 0 bridgehead atoms. The summed E-state index contributed by atoms with van der Waals surface area (Å²) in [5.41, 5.74) is 0.445. The normalized spacial score (nSPS) is 26.5. The summed E-state index contributed by atoms with van der Waals surface area (Å²) in [5, 5.41) is 23.4. The zero-order valence-corrected chi connectivity index (χ0v) is 22.8. The first-order chi connectivity index (χ1) is 17.5. The van der Waals surface area contributed by atoms with Crippen LogP contribution in [0.5, 0.6) is 5.75 Å². The summed E-state index contributed by atoms with van der Waals surface area (Å²) in [5.74, 6) is 0.660. The van der Waals surface area contributed by atoms with Gasteiger partial charge in [0.25, 0.3) is 0 Å². The van der Waals surface area contributed by atoms with E-state index < -0.39 is 18.2 Å². The van der Waals surface area contributed by atoms with E-state index >= 15 is 0 Å². The van der Waals surface area contributed by atoms with Crippen LogP contribution in [0.1, 0.15) is 51.4 Å². The van der Waals surface area contributed by atoms with E-state index in [1.807, 2.05) is 24.3 Å². The molecular weight excluding hydrogens is 575 g/mol. The molecule has 3 N–H and O–H groups in total. The molecule has 1 saturated heterocycles. The Labute approximate surface area is 226 Å². The van der Waals surface area contributed by atoms with Crippen molar-refractivity contribution in [3.63, 3.8) is 0 Å². The third-order valence-electron chi connectivity index (χ3n) is 7.40. The van der Waals surface area contributed by atoms with Crippen LogP contribution in [0.4, 0.5) is 0 Å². The van der Waals surface area contributed by atoms with Gasteiger partial charge < -0.3 is 29.9 Å². The van der Waals surface area contributed by atoms with Crippen molar-refractivity contribution in [3.8, 4) is 5.75 Å². The van der Waals surface area contributed by atoms with Crippen molar-refractivity contribution in [2.75, 3.05) is 26.3 Å². The number of halogens is 1. The van der Waals surface area contributed by atoms with Gasteiger partial charge in [0.2, 0.25) is 11.8 Å². The van der Waals surface area contributed by atoms with Gasteiger partial charge in [-0.2, -0.15) is 0 Å². The predicted molar refractivity (Wildman–Crippen MR) is 143 cm³/mol. The topological polar surface area (TPSA) is 108 Å². The lowest BCUT2D eigenvalue weighted by atomic mass is 9.87. The molecule has 9 heteroatoms. The van der Waals surface area contributed by atoms with Crippen molar-refractivity contribution in [1.82, 2.24) is 10.2 Å². The fraction of sp³-hybridized carbons (Fsp3) is 0.630. The molecule has 0 spiro atoms. The van der Waals surface area contributed by atoms with Gasteiger partial charge in [-0.25, -0.2) is 0 Å². The van der Waals surface area contributed by atoms with Gasteiger partial charge in [0.15, 0.2) is 0 Å². The largest absolute Gasteiger partial charge is 0.482 e. The van der Waals surface area contributed by atoms with Gasteiger partial charge in [0, 0.05) is 38.1 Å². The van der Waals surface area contributed by atoms with Gasteiger partial charge in [-0.1, -0.05) is 25.0 Å². The molecule has 0 radical (unpaired) electrons. The Morgan fingerprint density at radius 1 is 1.17 bits per heavy atom. The number of ether oxygens (including phenoxy) is 2. The van der Waals surface area contributed by atoms with Crippen molar-refractivity contribution in [2.45, 2.75) is 75.7 Å². The van der Waals surface area contributed by atoms with E-state index in [0.717, 1.165) is 42.1 Å². The molecule has 4 atom stereocenters. The minimum absolute atomic E-state index is 0.00603. The SMILES string of the molecule is O=C(NCCO)C1=C[C@H](Oc2ccccc2I)[C@@H](O)[C@H](N(C[C@H]2CCCO2)C(=O)CC2CCCC2)C1. The van der Waals surface area contributed by atoms with Crippen LogP contribution < -0.4 is 10.1 Å². The molecule has 0 aromatic heterocycles. The summed E-state index contributed by atoms with van der Waals surface area (Å²) in [4.78, 5) is 28.4. The highest BCUT2D eigenvalue weighted by Crippen LogP contribution is 2.33. The van der Waals surface area contributed by atoms with Crippen LogP contribution in [0.2, 0.25) is 0 Å². The summed E-state index contributed by atoms with van der Waals surface area (Å²) in [7, 11) is 0. The molecular formula is C27H37IN2O6. The Bertz CT molecular complexity index is 929. The highest BCUT2D eigenvalue weighted by Gasteiger charge is 2.42. The van der Waals surface area contributed by atoms with Crippen molar-refractivity contribution >= 4 is 34.4 Å². The minimum Gasteiger partial charge on any atom is -0.482 e. The van der Waals surface area contributed by atoms with E-state index in [1.165, 1.54) is 0 Å². The first kappa shape index (κ1) is 27.3. The lowest BCUT2D eigenvalue weighted by Gasteiger charge is -2.41. The second-order valence-electron chi connectivity index (χ2n) is 9.98. The number of amides is 2. The number of carbonyl (C=O) groups is 2. The van der Waals surface area contributed by atoms with Gasteiger partial charge >= 0.3 is 0 Å². The fourth-order valence-corrected chi connectivity index (χ4v) is 5.99. The molecule has 0 unspecified atom stereocenters. The standard InChI is InChI=1S/C27H37IN2O6/c28-21-9-3-4-10-23(21)36-24-16-19(27(34)29-11-12-31)15-22(26(24)33)30(17-20-8-5-13-35-20)25(32)14-18-6-1-2-7-18/h3-4,9-10,16,18,20,22,24,26,31,33H,1-2,5-8,11-15,17H2,(H,29,34)/t20-,22-,24+,26+/m1/s1. The Hall–Kier alpha value is -1.69. The Kier molecular flexibility index (Phi) is 10.0.